The quantitative estimate of drug-likeness (QED) is 0.600. The third kappa shape index (κ3) is 17.7. The molecule has 1 fully saturated rings. The standard InChI is InChI=1S/C6H6.C4H8O.2Al.ClH.Li.H2.7H/c1-2-4-6-5-3-1;1-2-4-5-3-1;;;;;;;;;;;;/h1-6H;1-4H2;;;1H;;1H;;;;;;;. The van der Waals surface area contributed by atoms with Gasteiger partial charge in [0.1, 0.15) is 0 Å². The maximum absolute atomic E-state index is 4.94. The molecule has 0 aliphatic carbocycles. The van der Waals surface area contributed by atoms with Gasteiger partial charge in [-0.15, -0.1) is 12.4 Å². The Labute approximate surface area is 134 Å². The smallest absolute Gasteiger partial charge is 0.0623 e. The second kappa shape index (κ2) is 20.5. The maximum Gasteiger partial charge on any atom is -0.0623 e. The van der Waals surface area contributed by atoms with Crippen molar-refractivity contribution in [2.45, 2.75) is 12.8 Å². The average Bonchev–Trinajstić information content (AvgIpc) is 2.64. The Balaban J connectivity index is -0.0000000387. The van der Waals surface area contributed by atoms with Gasteiger partial charge < -0.3 is 4.74 Å². The molecule has 0 N–H and O–H groups in total. The fraction of sp³-hybridized carbons (Fsp3) is 0.400. The molecule has 0 spiro atoms. The minimum Gasteiger partial charge on any atom is -0.0623 e. The number of benzene rings is 1. The first-order valence-corrected chi connectivity index (χ1v) is 4.08. The zero-order valence-corrected chi connectivity index (χ0v) is 7.93. The molecule has 15 heavy (non-hydrogen) atoms. The van der Waals surface area contributed by atoms with Crippen molar-refractivity contribution in [2.75, 3.05) is 13.2 Å². The molecule has 1 aromatic rings. The van der Waals surface area contributed by atoms with Crippen molar-refractivity contribution in [2.24, 2.45) is 0 Å². The van der Waals surface area contributed by atoms with Gasteiger partial charge in [-0.3, -0.25) is 0 Å². The Bertz CT molecular complexity index is 145. The van der Waals surface area contributed by atoms with E-state index in [4.69, 9.17) is 4.74 Å². The Morgan fingerprint density at radius 2 is 1.00 bits per heavy atom. The molecule has 1 heterocycles. The summed E-state index contributed by atoms with van der Waals surface area (Å²) in [5.74, 6) is 0. The van der Waals surface area contributed by atoms with Crippen LogP contribution < -0.4 is 0 Å². The zero-order chi connectivity index (χ0) is 7.78. The van der Waals surface area contributed by atoms with Gasteiger partial charge in [-0.2, -0.15) is 0 Å². The number of hydrogen-bond acceptors (Lipinski definition) is 1. The first-order valence-electron chi connectivity index (χ1n) is 4.08. The van der Waals surface area contributed by atoms with Crippen LogP contribution in [-0.4, -0.2) is 66.8 Å². The molecule has 0 atom stereocenters. The van der Waals surface area contributed by atoms with Crippen molar-refractivity contribution in [3.8, 4) is 0 Å². The second-order valence-electron chi connectivity index (χ2n) is 2.47. The molecule has 2 rings (SSSR count). The fourth-order valence-electron chi connectivity index (χ4n) is 0.895. The van der Waals surface area contributed by atoms with Crippen LogP contribution in [0.2, 0.25) is 0 Å². The van der Waals surface area contributed by atoms with E-state index in [9.17, 15) is 0 Å². The molecule has 0 amide bonds. The van der Waals surface area contributed by atoms with Crippen molar-refractivity contribution in [1.29, 1.82) is 0 Å². The van der Waals surface area contributed by atoms with Crippen LogP contribution in [-0.2, 0) is 4.74 Å². The van der Waals surface area contributed by atoms with E-state index in [-0.39, 0.29) is 67.4 Å². The minimum absolute atomic E-state index is 0. The van der Waals surface area contributed by atoms with Crippen molar-refractivity contribution >= 4 is 66.0 Å². The zero-order valence-electron chi connectivity index (χ0n) is 7.11. The summed E-state index contributed by atoms with van der Waals surface area (Å²) in [4.78, 5) is 0. The van der Waals surface area contributed by atoms with Crippen molar-refractivity contribution in [3.05, 3.63) is 36.4 Å². The fourth-order valence-corrected chi connectivity index (χ4v) is 0.895. The maximum atomic E-state index is 4.94. The normalized spacial score (nSPS) is 11.2. The van der Waals surface area contributed by atoms with Gasteiger partial charge in [-0.05, 0) is 12.8 Å². The van der Waals surface area contributed by atoms with Gasteiger partial charge in [-0.1, -0.05) is 36.4 Å². The van der Waals surface area contributed by atoms with Crippen molar-refractivity contribution in [1.82, 2.24) is 0 Å². The summed E-state index contributed by atoms with van der Waals surface area (Å²) in [5.41, 5.74) is 0. The van der Waals surface area contributed by atoms with Gasteiger partial charge in [-0.25, -0.2) is 0 Å². The molecule has 1 saturated heterocycles. The van der Waals surface area contributed by atoms with Gasteiger partial charge in [0, 0.05) is 14.6 Å². The SMILES string of the molecule is C1CCOC1.Cl.[AlH3].[AlH3].[HH].[LiH].c1ccccc1. The van der Waals surface area contributed by atoms with E-state index in [0.29, 0.717) is 0 Å². The van der Waals surface area contributed by atoms with E-state index in [0.717, 1.165) is 13.2 Å². The molecule has 1 aliphatic rings. The summed E-state index contributed by atoms with van der Waals surface area (Å²) >= 11 is 0. The number of ether oxygens (including phenoxy) is 1. The van der Waals surface area contributed by atoms with Gasteiger partial charge in [0.15, 0.2) is 34.7 Å². The van der Waals surface area contributed by atoms with Crippen LogP contribution >= 0.6 is 12.4 Å². The summed E-state index contributed by atoms with van der Waals surface area (Å²) in [5, 5.41) is 0. The number of halogens is 1. The molecule has 0 radical (unpaired) electrons. The van der Waals surface area contributed by atoms with E-state index < -0.39 is 0 Å². The van der Waals surface area contributed by atoms with Crippen LogP contribution in [0.1, 0.15) is 14.3 Å². The molecule has 5 heteroatoms. The average molecular weight is 257 g/mol. The molecule has 0 aromatic heterocycles. The van der Waals surface area contributed by atoms with Crippen LogP contribution in [0.25, 0.3) is 0 Å². The molecular formula is C10H24Al2ClLiO. The topological polar surface area (TPSA) is 9.23 Å². The van der Waals surface area contributed by atoms with E-state index in [1.165, 1.54) is 12.8 Å². The Morgan fingerprint density at radius 1 is 0.733 bits per heavy atom. The summed E-state index contributed by atoms with van der Waals surface area (Å²) in [7, 11) is 0. The van der Waals surface area contributed by atoms with Gasteiger partial charge >= 0.3 is 18.9 Å². The van der Waals surface area contributed by atoms with Crippen LogP contribution in [0, 0.1) is 0 Å². The molecule has 0 unspecified atom stereocenters. The van der Waals surface area contributed by atoms with E-state index in [1.807, 2.05) is 36.4 Å². The predicted octanol–water partition coefficient (Wildman–Crippen LogP) is 0.135. The first-order chi connectivity index (χ1) is 5.50. The molecular weight excluding hydrogens is 232 g/mol. The largest absolute Gasteiger partial charge is 0.0623 e. The summed E-state index contributed by atoms with van der Waals surface area (Å²) in [6.07, 6.45) is 2.56. The molecule has 1 aliphatic heterocycles. The summed E-state index contributed by atoms with van der Waals surface area (Å²) in [6, 6.07) is 12.0. The van der Waals surface area contributed by atoms with Crippen LogP contribution in [0.5, 0.6) is 0 Å². The minimum atomic E-state index is 0. The van der Waals surface area contributed by atoms with Crippen LogP contribution in [0.3, 0.4) is 0 Å². The Kier molecular flexibility index (Phi) is 34.4. The van der Waals surface area contributed by atoms with E-state index in [2.05, 4.69) is 0 Å². The third-order valence-corrected chi connectivity index (χ3v) is 1.49. The first kappa shape index (κ1) is 25.1. The summed E-state index contributed by atoms with van der Waals surface area (Å²) in [6.45, 7) is 2.00. The molecule has 0 bridgehead atoms. The van der Waals surface area contributed by atoms with Crippen molar-refractivity contribution < 1.29 is 6.16 Å². The number of hydrogen-bond donors (Lipinski definition) is 0. The monoisotopic (exact) mass is 256 g/mol. The van der Waals surface area contributed by atoms with Crippen molar-refractivity contribution in [3.63, 3.8) is 0 Å². The predicted molar refractivity (Wildman–Crippen MR) is 82.9 cm³/mol. The number of rotatable bonds is 0. The van der Waals surface area contributed by atoms with E-state index in [1.54, 1.807) is 0 Å². The molecule has 84 valence electrons. The Morgan fingerprint density at radius 3 is 1.13 bits per heavy atom. The third-order valence-electron chi connectivity index (χ3n) is 1.49. The van der Waals surface area contributed by atoms with E-state index >= 15 is 0 Å². The van der Waals surface area contributed by atoms with Gasteiger partial charge in [0.2, 0.25) is 0 Å². The van der Waals surface area contributed by atoms with Gasteiger partial charge in [0.05, 0.1) is 0 Å². The Hall–Kier alpha value is 1.13. The second-order valence-corrected chi connectivity index (χ2v) is 2.47. The molecule has 0 saturated carbocycles. The van der Waals surface area contributed by atoms with Crippen LogP contribution in [0.4, 0.5) is 0 Å². The molecule has 1 aromatic carbocycles. The van der Waals surface area contributed by atoms with Crippen LogP contribution in [0.15, 0.2) is 36.4 Å². The van der Waals surface area contributed by atoms with Gasteiger partial charge in [0.25, 0.3) is 0 Å². The summed E-state index contributed by atoms with van der Waals surface area (Å²) < 4.78 is 4.94. The molecule has 1 nitrogen and oxygen atoms in total.